The second-order valence-corrected chi connectivity index (χ2v) is 6.42. The van der Waals surface area contributed by atoms with E-state index in [-0.39, 0.29) is 0 Å². The number of nitrogens with two attached hydrogens (primary N) is 1. The lowest BCUT2D eigenvalue weighted by Gasteiger charge is -2.21. The van der Waals surface area contributed by atoms with Crippen molar-refractivity contribution in [2.75, 3.05) is 5.43 Å². The van der Waals surface area contributed by atoms with Gasteiger partial charge in [0.15, 0.2) is 0 Å². The molecule has 0 aliphatic heterocycles. The number of hydrogen-bond donors (Lipinski definition) is 2. The Bertz CT molecular complexity index is 691. The van der Waals surface area contributed by atoms with Crippen molar-refractivity contribution in [2.45, 2.75) is 57.8 Å². The molecule has 1 heterocycles. The van der Waals surface area contributed by atoms with Crippen molar-refractivity contribution < 1.29 is 0 Å². The van der Waals surface area contributed by atoms with Crippen LogP contribution in [0.15, 0.2) is 12.1 Å². The van der Waals surface area contributed by atoms with Gasteiger partial charge in [0.05, 0.1) is 11.2 Å². The van der Waals surface area contributed by atoms with Crippen LogP contribution in [0.25, 0.3) is 10.9 Å². The highest BCUT2D eigenvalue weighted by atomic mass is 15.2. The van der Waals surface area contributed by atoms with E-state index in [1.807, 2.05) is 0 Å². The van der Waals surface area contributed by atoms with Crippen LogP contribution in [0.3, 0.4) is 0 Å². The molecule has 0 fully saturated rings. The van der Waals surface area contributed by atoms with Crippen molar-refractivity contribution in [3.63, 3.8) is 0 Å². The van der Waals surface area contributed by atoms with E-state index in [9.17, 15) is 0 Å². The Kier molecular flexibility index (Phi) is 3.30. The summed E-state index contributed by atoms with van der Waals surface area (Å²) in [4.78, 5) is 5.10. The van der Waals surface area contributed by atoms with Gasteiger partial charge >= 0.3 is 0 Å². The molecule has 1 aromatic carbocycles. The molecule has 0 saturated heterocycles. The topological polar surface area (TPSA) is 50.9 Å². The molecule has 2 aliphatic rings. The van der Waals surface area contributed by atoms with Crippen LogP contribution in [0.2, 0.25) is 0 Å². The lowest BCUT2D eigenvalue weighted by atomic mass is 9.88. The summed E-state index contributed by atoms with van der Waals surface area (Å²) in [6.07, 6.45) is 11.0. The van der Waals surface area contributed by atoms with E-state index < -0.39 is 0 Å². The van der Waals surface area contributed by atoms with Crippen LogP contribution in [0.5, 0.6) is 0 Å². The van der Waals surface area contributed by atoms with Crippen LogP contribution in [-0.2, 0) is 25.7 Å². The van der Waals surface area contributed by atoms with E-state index >= 15 is 0 Å². The molecule has 2 aliphatic carbocycles. The smallest absolute Gasteiger partial charge is 0.0761 e. The first-order chi connectivity index (χ1) is 10.4. The highest BCUT2D eigenvalue weighted by Gasteiger charge is 2.20. The third kappa shape index (κ3) is 2.11. The first-order valence-corrected chi connectivity index (χ1v) is 8.31. The van der Waals surface area contributed by atoms with E-state index in [0.29, 0.717) is 0 Å². The number of nitrogens with one attached hydrogen (secondary N) is 1. The maximum atomic E-state index is 5.89. The van der Waals surface area contributed by atoms with Crippen LogP contribution >= 0.6 is 0 Å². The lowest BCUT2D eigenvalue weighted by Crippen LogP contribution is -2.14. The maximum absolute atomic E-state index is 5.89. The summed E-state index contributed by atoms with van der Waals surface area (Å²) in [5, 5.41) is 1.22. The zero-order valence-corrected chi connectivity index (χ0v) is 12.5. The number of benzene rings is 1. The van der Waals surface area contributed by atoms with Gasteiger partial charge in [-0.2, -0.15) is 0 Å². The Morgan fingerprint density at radius 1 is 0.857 bits per heavy atom. The molecule has 0 bridgehead atoms. The summed E-state index contributed by atoms with van der Waals surface area (Å²) in [5.74, 6) is 5.89. The average molecular weight is 281 g/mol. The molecule has 0 atom stereocenters. The van der Waals surface area contributed by atoms with E-state index in [2.05, 4.69) is 17.6 Å². The number of aromatic nitrogens is 1. The summed E-state index contributed by atoms with van der Waals surface area (Å²) >= 11 is 0. The fraction of sp³-hybridized carbons (Fsp3) is 0.500. The van der Waals surface area contributed by atoms with Gasteiger partial charge in [0, 0.05) is 11.1 Å². The van der Waals surface area contributed by atoms with Gasteiger partial charge < -0.3 is 5.43 Å². The minimum absolute atomic E-state index is 1.10. The predicted octanol–water partition coefficient (Wildman–Crippen LogP) is 3.67. The molecule has 0 unspecified atom stereocenters. The zero-order chi connectivity index (χ0) is 14.2. The van der Waals surface area contributed by atoms with Gasteiger partial charge in [0.25, 0.3) is 0 Å². The number of rotatable bonds is 1. The number of fused-ring (bicyclic) bond motifs is 4. The van der Waals surface area contributed by atoms with Crippen LogP contribution in [0.4, 0.5) is 5.69 Å². The fourth-order valence-corrected chi connectivity index (χ4v) is 4.06. The fourth-order valence-electron chi connectivity index (χ4n) is 4.06. The van der Waals surface area contributed by atoms with Crippen molar-refractivity contribution in [3.8, 4) is 0 Å². The average Bonchev–Trinajstić information content (AvgIpc) is 2.77. The highest BCUT2D eigenvalue weighted by Crippen LogP contribution is 2.36. The molecule has 110 valence electrons. The van der Waals surface area contributed by atoms with E-state index in [0.717, 1.165) is 18.5 Å². The number of pyridine rings is 1. The van der Waals surface area contributed by atoms with E-state index in [4.69, 9.17) is 10.8 Å². The Balaban J connectivity index is 2.02. The molecule has 0 saturated carbocycles. The Morgan fingerprint density at radius 2 is 1.62 bits per heavy atom. The van der Waals surface area contributed by atoms with E-state index in [1.165, 1.54) is 78.2 Å². The number of aryl methyl sites for hydroxylation is 3. The number of hydrogen-bond acceptors (Lipinski definition) is 3. The second kappa shape index (κ2) is 5.30. The van der Waals surface area contributed by atoms with Crippen LogP contribution in [-0.4, -0.2) is 4.98 Å². The molecule has 2 aromatic rings. The molecule has 4 rings (SSSR count). The molecule has 21 heavy (non-hydrogen) atoms. The van der Waals surface area contributed by atoms with E-state index in [1.54, 1.807) is 0 Å². The first kappa shape index (κ1) is 13.1. The zero-order valence-electron chi connectivity index (χ0n) is 12.5. The number of nitrogens with zero attached hydrogens (tertiary/aromatic N) is 1. The Morgan fingerprint density at radius 3 is 2.52 bits per heavy atom. The number of nitrogen functional groups attached to an aromatic ring is 1. The molecule has 3 heteroatoms. The van der Waals surface area contributed by atoms with Gasteiger partial charge in [-0.15, -0.1) is 0 Å². The van der Waals surface area contributed by atoms with Crippen LogP contribution < -0.4 is 11.3 Å². The van der Waals surface area contributed by atoms with Crippen molar-refractivity contribution in [1.82, 2.24) is 4.98 Å². The number of hydrazine groups is 1. The standard InChI is InChI=1S/C18H23N3/c19-21-18-14-8-2-1-3-9-16(14)20-17-13-7-5-4-6-12(13)10-11-15(17)18/h10-11H,1-9,19H2,(H,20,21). The van der Waals surface area contributed by atoms with Gasteiger partial charge in [-0.1, -0.05) is 18.6 Å². The predicted molar refractivity (Wildman–Crippen MR) is 87.5 cm³/mol. The largest absolute Gasteiger partial charge is 0.323 e. The molecule has 0 spiro atoms. The summed E-state index contributed by atoms with van der Waals surface area (Å²) < 4.78 is 0. The highest BCUT2D eigenvalue weighted by molar-refractivity contribution is 5.96. The van der Waals surface area contributed by atoms with Crippen molar-refractivity contribution >= 4 is 16.6 Å². The molecule has 3 N–H and O–H groups in total. The lowest BCUT2D eigenvalue weighted by molar-refractivity contribution is 0.688. The molecule has 0 amide bonds. The summed E-state index contributed by atoms with van der Waals surface area (Å²) in [6.45, 7) is 0. The van der Waals surface area contributed by atoms with Gasteiger partial charge in [0.1, 0.15) is 0 Å². The number of anilines is 1. The maximum Gasteiger partial charge on any atom is 0.0761 e. The van der Waals surface area contributed by atoms with Crippen LogP contribution in [0, 0.1) is 0 Å². The molecular formula is C18H23N3. The molecule has 0 radical (unpaired) electrons. The normalized spacial score (nSPS) is 18.0. The minimum atomic E-state index is 1.10. The van der Waals surface area contributed by atoms with Gasteiger partial charge in [0.2, 0.25) is 0 Å². The first-order valence-electron chi connectivity index (χ1n) is 8.31. The van der Waals surface area contributed by atoms with Gasteiger partial charge in [-0.05, 0) is 68.1 Å². The summed E-state index contributed by atoms with van der Waals surface area (Å²) in [7, 11) is 0. The SMILES string of the molecule is NNc1c2c(nc3c4c(ccc13)CCCC4)CCCCC2. The monoisotopic (exact) mass is 281 g/mol. The summed E-state index contributed by atoms with van der Waals surface area (Å²) in [5.41, 5.74) is 10.9. The van der Waals surface area contributed by atoms with Crippen LogP contribution in [0.1, 0.15) is 54.5 Å². The quantitative estimate of drug-likeness (QED) is 0.476. The van der Waals surface area contributed by atoms with Crippen molar-refractivity contribution in [2.24, 2.45) is 5.84 Å². The second-order valence-electron chi connectivity index (χ2n) is 6.42. The van der Waals surface area contributed by atoms with Crippen molar-refractivity contribution in [1.29, 1.82) is 0 Å². The third-order valence-corrected chi connectivity index (χ3v) is 5.15. The molecule has 1 aromatic heterocycles. The summed E-state index contributed by atoms with van der Waals surface area (Å²) in [6, 6.07) is 4.52. The minimum Gasteiger partial charge on any atom is -0.323 e. The third-order valence-electron chi connectivity index (χ3n) is 5.15. The Labute approximate surface area is 125 Å². The Hall–Kier alpha value is -1.61. The van der Waals surface area contributed by atoms with Gasteiger partial charge in [-0.25, -0.2) is 0 Å². The molecule has 3 nitrogen and oxygen atoms in total. The van der Waals surface area contributed by atoms with Gasteiger partial charge in [-0.3, -0.25) is 10.8 Å². The van der Waals surface area contributed by atoms with Crippen molar-refractivity contribution in [3.05, 3.63) is 34.5 Å². The molecular weight excluding hydrogens is 258 g/mol.